The molecule has 1 nitrogen and oxygen atoms in total. The maximum absolute atomic E-state index is 2.65. The van der Waals surface area contributed by atoms with Crippen molar-refractivity contribution in [2.45, 2.75) is 38.3 Å². The second-order valence-corrected chi connectivity index (χ2v) is 5.06. The van der Waals surface area contributed by atoms with Crippen molar-refractivity contribution in [2.75, 3.05) is 6.54 Å². The van der Waals surface area contributed by atoms with Gasteiger partial charge in [-0.25, -0.2) is 0 Å². The van der Waals surface area contributed by atoms with E-state index in [-0.39, 0.29) is 0 Å². The molecule has 2 aliphatic rings. The highest BCUT2D eigenvalue weighted by molar-refractivity contribution is 5.39. The monoisotopic (exact) mass is 213 g/mol. The molecule has 0 saturated carbocycles. The third-order valence-corrected chi connectivity index (χ3v) is 4.28. The van der Waals surface area contributed by atoms with Gasteiger partial charge in [0.25, 0.3) is 0 Å². The highest BCUT2D eigenvalue weighted by Gasteiger charge is 2.35. The molecule has 1 aromatic carbocycles. The van der Waals surface area contributed by atoms with Crippen molar-refractivity contribution < 1.29 is 0 Å². The lowest BCUT2D eigenvalue weighted by Gasteiger charge is -2.45. The van der Waals surface area contributed by atoms with E-state index in [0.717, 1.165) is 0 Å². The van der Waals surface area contributed by atoms with Gasteiger partial charge in [0.15, 0.2) is 0 Å². The fraction of sp³-hybridized carbons (Fsp3) is 0.467. The van der Waals surface area contributed by atoms with Crippen LogP contribution in [0.2, 0.25) is 0 Å². The zero-order valence-electron chi connectivity index (χ0n) is 10.1. The Kier molecular flexibility index (Phi) is 2.36. The van der Waals surface area contributed by atoms with E-state index in [1.165, 1.54) is 18.5 Å². The van der Waals surface area contributed by atoms with Crippen LogP contribution >= 0.6 is 0 Å². The topological polar surface area (TPSA) is 3.24 Å². The molecule has 0 bridgehead atoms. The zero-order chi connectivity index (χ0) is 11.1. The van der Waals surface area contributed by atoms with E-state index in [9.17, 15) is 0 Å². The summed E-state index contributed by atoms with van der Waals surface area (Å²) >= 11 is 0. The largest absolute Gasteiger partial charge is 0.289 e. The summed E-state index contributed by atoms with van der Waals surface area (Å²) in [6.45, 7) is 5.94. The van der Waals surface area contributed by atoms with Crippen LogP contribution in [0.4, 0.5) is 0 Å². The van der Waals surface area contributed by atoms with Gasteiger partial charge >= 0.3 is 0 Å². The van der Waals surface area contributed by atoms with E-state index in [2.05, 4.69) is 55.2 Å². The Morgan fingerprint density at radius 2 is 1.88 bits per heavy atom. The summed E-state index contributed by atoms with van der Waals surface area (Å²) < 4.78 is 0. The third kappa shape index (κ3) is 1.35. The lowest BCUT2D eigenvalue weighted by molar-refractivity contribution is 0.131. The van der Waals surface area contributed by atoms with Crippen LogP contribution in [0.1, 0.15) is 43.4 Å². The van der Waals surface area contributed by atoms with Gasteiger partial charge in [0.05, 0.1) is 6.04 Å². The molecule has 0 radical (unpaired) electrons. The maximum atomic E-state index is 2.65. The van der Waals surface area contributed by atoms with Gasteiger partial charge in [-0.2, -0.15) is 0 Å². The van der Waals surface area contributed by atoms with Crippen LogP contribution in [0.15, 0.2) is 36.4 Å². The molecule has 0 saturated heterocycles. The van der Waals surface area contributed by atoms with Gasteiger partial charge in [-0.15, -0.1) is 0 Å². The molecule has 16 heavy (non-hydrogen) atoms. The fourth-order valence-electron chi connectivity index (χ4n) is 3.18. The molecule has 0 aliphatic carbocycles. The van der Waals surface area contributed by atoms with E-state index in [1.807, 2.05) is 0 Å². The quantitative estimate of drug-likeness (QED) is 0.596. The molecule has 2 aliphatic heterocycles. The Bertz CT molecular complexity index is 421. The van der Waals surface area contributed by atoms with Gasteiger partial charge in [0, 0.05) is 12.6 Å². The predicted octanol–water partition coefficient (Wildman–Crippen LogP) is 3.50. The van der Waals surface area contributed by atoms with E-state index >= 15 is 0 Å². The minimum atomic E-state index is 0.524. The van der Waals surface area contributed by atoms with E-state index in [1.54, 1.807) is 5.56 Å². The van der Waals surface area contributed by atoms with Crippen molar-refractivity contribution in [3.05, 3.63) is 47.5 Å². The molecule has 3 atom stereocenters. The zero-order valence-corrected chi connectivity index (χ0v) is 10.1. The van der Waals surface area contributed by atoms with E-state index in [0.29, 0.717) is 18.0 Å². The minimum Gasteiger partial charge on any atom is -0.289 e. The minimum absolute atomic E-state index is 0.524. The van der Waals surface area contributed by atoms with Crippen LogP contribution < -0.4 is 0 Å². The molecule has 0 amide bonds. The number of fused-ring (bicyclic) bond motifs is 3. The second-order valence-electron chi connectivity index (χ2n) is 5.06. The average molecular weight is 213 g/mol. The molecule has 0 N–H and O–H groups in total. The maximum Gasteiger partial charge on any atom is 0.0537 e. The first kappa shape index (κ1) is 10.1. The van der Waals surface area contributed by atoms with Crippen LogP contribution in [0.5, 0.6) is 0 Å². The average Bonchev–Trinajstić information content (AvgIpc) is 2.36. The number of hydrogen-bond acceptors (Lipinski definition) is 1. The van der Waals surface area contributed by atoms with Crippen LogP contribution in [-0.4, -0.2) is 17.5 Å². The van der Waals surface area contributed by atoms with E-state index in [4.69, 9.17) is 0 Å². The number of hydrogen-bond donors (Lipinski definition) is 0. The van der Waals surface area contributed by atoms with Gasteiger partial charge in [0.2, 0.25) is 0 Å². The SMILES string of the molecule is CC1c2ccccc2C2C=CCCN2C1C. The molecule has 3 rings (SSSR count). The molecular formula is C15H19N. The van der Waals surface area contributed by atoms with Gasteiger partial charge in [-0.1, -0.05) is 43.3 Å². The highest BCUT2D eigenvalue weighted by Crippen LogP contribution is 2.41. The molecular weight excluding hydrogens is 194 g/mol. The molecule has 0 aromatic heterocycles. The summed E-state index contributed by atoms with van der Waals surface area (Å²) in [5.74, 6) is 0.652. The second kappa shape index (κ2) is 3.74. The Balaban J connectivity index is 2.14. The lowest BCUT2D eigenvalue weighted by Crippen LogP contribution is -2.44. The van der Waals surface area contributed by atoms with Crippen molar-refractivity contribution in [3.63, 3.8) is 0 Å². The highest BCUT2D eigenvalue weighted by atomic mass is 15.2. The fourth-order valence-corrected chi connectivity index (χ4v) is 3.18. The van der Waals surface area contributed by atoms with Crippen molar-refractivity contribution >= 4 is 0 Å². The summed E-state index contributed by atoms with van der Waals surface area (Å²) in [4.78, 5) is 2.65. The Labute approximate surface area is 97.8 Å². The van der Waals surface area contributed by atoms with Crippen LogP contribution in [-0.2, 0) is 0 Å². The molecule has 1 heteroatoms. The Hall–Kier alpha value is -1.08. The summed E-state index contributed by atoms with van der Waals surface area (Å²) in [5, 5.41) is 0. The third-order valence-electron chi connectivity index (χ3n) is 4.28. The first-order chi connectivity index (χ1) is 7.79. The van der Waals surface area contributed by atoms with Crippen molar-refractivity contribution in [1.29, 1.82) is 0 Å². The molecule has 84 valence electrons. The Morgan fingerprint density at radius 3 is 2.69 bits per heavy atom. The molecule has 0 fully saturated rings. The Morgan fingerprint density at radius 1 is 1.12 bits per heavy atom. The van der Waals surface area contributed by atoms with Gasteiger partial charge in [0.1, 0.15) is 0 Å². The molecule has 2 heterocycles. The van der Waals surface area contributed by atoms with Crippen molar-refractivity contribution in [3.8, 4) is 0 Å². The smallest absolute Gasteiger partial charge is 0.0537 e. The van der Waals surface area contributed by atoms with Crippen molar-refractivity contribution in [1.82, 2.24) is 4.90 Å². The van der Waals surface area contributed by atoms with Crippen LogP contribution in [0, 0.1) is 0 Å². The summed E-state index contributed by atoms with van der Waals surface area (Å²) in [6.07, 6.45) is 5.92. The summed E-state index contributed by atoms with van der Waals surface area (Å²) in [7, 11) is 0. The first-order valence-corrected chi connectivity index (χ1v) is 6.30. The lowest BCUT2D eigenvalue weighted by atomic mass is 9.80. The van der Waals surface area contributed by atoms with Gasteiger partial charge in [-0.3, -0.25) is 4.90 Å². The molecule has 3 unspecified atom stereocenters. The van der Waals surface area contributed by atoms with E-state index < -0.39 is 0 Å². The molecule has 1 aromatic rings. The summed E-state index contributed by atoms with van der Waals surface area (Å²) in [5.41, 5.74) is 3.06. The summed E-state index contributed by atoms with van der Waals surface area (Å²) in [6, 6.07) is 10.1. The van der Waals surface area contributed by atoms with Gasteiger partial charge < -0.3 is 0 Å². The number of benzene rings is 1. The van der Waals surface area contributed by atoms with Crippen molar-refractivity contribution in [2.24, 2.45) is 0 Å². The number of nitrogens with zero attached hydrogens (tertiary/aromatic N) is 1. The normalized spacial score (nSPS) is 33.2. The predicted molar refractivity (Wildman–Crippen MR) is 67.5 cm³/mol. The number of rotatable bonds is 0. The standard InChI is InChI=1S/C15H19N/c1-11-12(2)16-10-6-5-9-15(16)14-8-4-3-7-13(11)14/h3-5,7-9,11-12,15H,6,10H2,1-2H3. The van der Waals surface area contributed by atoms with Crippen LogP contribution in [0.3, 0.4) is 0 Å². The first-order valence-electron chi connectivity index (χ1n) is 6.30. The molecule has 0 spiro atoms. The van der Waals surface area contributed by atoms with Gasteiger partial charge in [-0.05, 0) is 30.4 Å². The van der Waals surface area contributed by atoms with Crippen LogP contribution in [0.25, 0.3) is 0 Å².